The van der Waals surface area contributed by atoms with Crippen molar-refractivity contribution in [2.24, 2.45) is 17.8 Å². The second-order valence-corrected chi connectivity index (χ2v) is 8.73. The maximum Gasteiger partial charge on any atom is 0.204 e. The fraction of sp³-hybridized carbons (Fsp3) is 0.750. The molecule has 0 amide bonds. The third-order valence-electron chi connectivity index (χ3n) is 6.47. The fourth-order valence-electron chi connectivity index (χ4n) is 4.72. The highest BCUT2D eigenvalue weighted by molar-refractivity contribution is 5.35. The molecule has 2 fully saturated rings. The highest BCUT2D eigenvalue weighted by Gasteiger charge is 2.31. The summed E-state index contributed by atoms with van der Waals surface area (Å²) in [6.45, 7) is 5.88. The lowest BCUT2D eigenvalue weighted by atomic mass is 9.77. The number of halogens is 2. The maximum absolute atomic E-state index is 14.2. The molecular weight excluding hydrogens is 374 g/mol. The van der Waals surface area contributed by atoms with Crippen LogP contribution in [0.2, 0.25) is 0 Å². The number of benzene rings is 1. The predicted octanol–water partition coefficient (Wildman–Crippen LogP) is 6.53. The quantitative estimate of drug-likeness (QED) is 0.463. The van der Waals surface area contributed by atoms with Gasteiger partial charge in [-0.05, 0) is 81.3 Å². The minimum atomic E-state index is -0.963. The molecule has 1 saturated heterocycles. The lowest BCUT2D eigenvalue weighted by Gasteiger charge is -2.37. The van der Waals surface area contributed by atoms with E-state index in [1.54, 1.807) is 0 Å². The van der Waals surface area contributed by atoms with Crippen LogP contribution in [0.25, 0.3) is 0 Å². The zero-order chi connectivity index (χ0) is 20.6. The lowest BCUT2D eigenvalue weighted by Crippen LogP contribution is -2.34. The van der Waals surface area contributed by atoms with Crippen LogP contribution in [0.3, 0.4) is 0 Å². The summed E-state index contributed by atoms with van der Waals surface area (Å²) < 4.78 is 45.4. The van der Waals surface area contributed by atoms with Gasteiger partial charge in [-0.2, -0.15) is 8.78 Å². The van der Waals surface area contributed by atoms with Crippen LogP contribution in [0.5, 0.6) is 11.5 Å². The van der Waals surface area contributed by atoms with Crippen LogP contribution in [0.1, 0.15) is 71.6 Å². The second-order valence-electron chi connectivity index (χ2n) is 8.73. The van der Waals surface area contributed by atoms with Crippen LogP contribution < -0.4 is 9.47 Å². The molecule has 0 N–H and O–H groups in total. The molecule has 1 aliphatic heterocycles. The molecule has 5 heteroatoms. The Labute approximate surface area is 174 Å². The normalized spacial score (nSPS) is 27.6. The Morgan fingerprint density at radius 1 is 0.862 bits per heavy atom. The molecule has 0 bridgehead atoms. The summed E-state index contributed by atoms with van der Waals surface area (Å²) in [6, 6.07) is 2.92. The summed E-state index contributed by atoms with van der Waals surface area (Å²) in [4.78, 5) is 0. The zero-order valence-electron chi connectivity index (χ0n) is 17.9. The first-order valence-corrected chi connectivity index (χ1v) is 11.5. The van der Waals surface area contributed by atoms with Crippen molar-refractivity contribution in [1.29, 1.82) is 0 Å². The van der Waals surface area contributed by atoms with Crippen LogP contribution in [0, 0.1) is 29.4 Å². The van der Waals surface area contributed by atoms with Crippen molar-refractivity contribution in [2.45, 2.75) is 77.7 Å². The number of hydrogen-bond acceptors (Lipinski definition) is 3. The average molecular weight is 411 g/mol. The first-order chi connectivity index (χ1) is 14.1. The van der Waals surface area contributed by atoms with Crippen LogP contribution >= 0.6 is 0 Å². The number of rotatable bonds is 9. The molecule has 1 aliphatic carbocycles. The van der Waals surface area contributed by atoms with E-state index >= 15 is 0 Å². The molecule has 3 rings (SSSR count). The van der Waals surface area contributed by atoms with Crippen molar-refractivity contribution in [3.05, 3.63) is 23.8 Å². The zero-order valence-corrected chi connectivity index (χ0v) is 17.9. The first kappa shape index (κ1) is 22.3. The molecule has 1 heterocycles. The van der Waals surface area contributed by atoms with Crippen LogP contribution in [0.15, 0.2) is 12.1 Å². The summed E-state index contributed by atoms with van der Waals surface area (Å²) in [5.74, 6) is -0.217. The Balaban J connectivity index is 1.42. The van der Waals surface area contributed by atoms with Crippen LogP contribution in [-0.2, 0) is 4.74 Å². The van der Waals surface area contributed by atoms with Crippen molar-refractivity contribution < 1.29 is 23.0 Å². The monoisotopic (exact) mass is 410 g/mol. The third-order valence-corrected chi connectivity index (χ3v) is 6.47. The Morgan fingerprint density at radius 3 is 2.10 bits per heavy atom. The van der Waals surface area contributed by atoms with Gasteiger partial charge in [-0.15, -0.1) is 0 Å². The van der Waals surface area contributed by atoms with Gasteiger partial charge in [0.15, 0.2) is 11.5 Å². The topological polar surface area (TPSA) is 27.7 Å². The summed E-state index contributed by atoms with van der Waals surface area (Å²) in [5.41, 5.74) is 0. The SMILES string of the molecule is CCCOc1ccc(OCC2CCC(C3CCC(CCC)CO3)CC2)c(F)c1F. The van der Waals surface area contributed by atoms with Crippen molar-refractivity contribution in [3.8, 4) is 11.5 Å². The van der Waals surface area contributed by atoms with Crippen LogP contribution in [0.4, 0.5) is 8.78 Å². The van der Waals surface area contributed by atoms with Crippen LogP contribution in [-0.4, -0.2) is 25.9 Å². The Hall–Kier alpha value is -1.36. The van der Waals surface area contributed by atoms with E-state index in [2.05, 4.69) is 6.92 Å². The van der Waals surface area contributed by atoms with E-state index in [-0.39, 0.29) is 11.5 Å². The summed E-state index contributed by atoms with van der Waals surface area (Å²) in [6.07, 6.45) is 10.5. The molecule has 0 aromatic heterocycles. The number of hydrogen-bond donors (Lipinski definition) is 0. The Morgan fingerprint density at radius 2 is 1.52 bits per heavy atom. The van der Waals surface area contributed by atoms with E-state index in [0.29, 0.717) is 31.2 Å². The molecule has 2 atom stereocenters. The van der Waals surface area contributed by atoms with Gasteiger partial charge in [0.1, 0.15) is 0 Å². The number of ether oxygens (including phenoxy) is 3. The Bertz CT molecular complexity index is 621. The third kappa shape index (κ3) is 6.07. The van der Waals surface area contributed by atoms with Gasteiger partial charge in [-0.1, -0.05) is 20.3 Å². The van der Waals surface area contributed by atoms with Gasteiger partial charge >= 0.3 is 0 Å². The minimum Gasteiger partial charge on any atom is -0.490 e. The predicted molar refractivity (Wildman–Crippen MR) is 110 cm³/mol. The average Bonchev–Trinajstić information content (AvgIpc) is 2.75. The first-order valence-electron chi connectivity index (χ1n) is 11.5. The van der Waals surface area contributed by atoms with Crippen molar-refractivity contribution in [3.63, 3.8) is 0 Å². The van der Waals surface area contributed by atoms with Gasteiger partial charge in [0.05, 0.1) is 19.3 Å². The van der Waals surface area contributed by atoms with E-state index in [1.165, 1.54) is 37.8 Å². The molecule has 0 spiro atoms. The molecule has 2 unspecified atom stereocenters. The standard InChI is InChI=1S/C24H36F2O3/c1-3-5-17-8-11-20(28-15-17)19-9-6-18(7-10-19)16-29-22-13-12-21(27-14-4-2)23(25)24(22)26/h12-13,17-20H,3-11,14-16H2,1-2H3. The summed E-state index contributed by atoms with van der Waals surface area (Å²) in [5, 5.41) is 0. The van der Waals surface area contributed by atoms with E-state index < -0.39 is 11.6 Å². The largest absolute Gasteiger partial charge is 0.490 e. The van der Waals surface area contributed by atoms with Gasteiger partial charge in [-0.3, -0.25) is 0 Å². The minimum absolute atomic E-state index is 0.0222. The van der Waals surface area contributed by atoms with E-state index in [1.807, 2.05) is 6.92 Å². The summed E-state index contributed by atoms with van der Waals surface area (Å²) >= 11 is 0. The molecule has 1 aromatic carbocycles. The highest BCUT2D eigenvalue weighted by Crippen LogP contribution is 2.37. The fourth-order valence-corrected chi connectivity index (χ4v) is 4.72. The second kappa shape index (κ2) is 11.1. The van der Waals surface area contributed by atoms with Gasteiger partial charge < -0.3 is 14.2 Å². The molecule has 1 saturated carbocycles. The van der Waals surface area contributed by atoms with E-state index in [0.717, 1.165) is 44.6 Å². The summed E-state index contributed by atoms with van der Waals surface area (Å²) in [7, 11) is 0. The Kier molecular flexibility index (Phi) is 8.58. The van der Waals surface area contributed by atoms with Gasteiger partial charge in [0.25, 0.3) is 0 Å². The van der Waals surface area contributed by atoms with Gasteiger partial charge in [-0.25, -0.2) is 0 Å². The molecule has 3 nitrogen and oxygen atoms in total. The molecule has 2 aliphatic rings. The van der Waals surface area contributed by atoms with Crippen molar-refractivity contribution >= 4 is 0 Å². The van der Waals surface area contributed by atoms with Crippen molar-refractivity contribution in [1.82, 2.24) is 0 Å². The van der Waals surface area contributed by atoms with E-state index in [9.17, 15) is 8.78 Å². The van der Waals surface area contributed by atoms with Gasteiger partial charge in [0, 0.05) is 6.61 Å². The molecule has 0 radical (unpaired) electrons. The molecule has 164 valence electrons. The molecular formula is C24H36F2O3. The van der Waals surface area contributed by atoms with Crippen molar-refractivity contribution in [2.75, 3.05) is 19.8 Å². The molecule has 29 heavy (non-hydrogen) atoms. The highest BCUT2D eigenvalue weighted by atomic mass is 19.2. The smallest absolute Gasteiger partial charge is 0.204 e. The lowest BCUT2D eigenvalue weighted by molar-refractivity contribution is -0.0605. The van der Waals surface area contributed by atoms with Gasteiger partial charge in [0.2, 0.25) is 11.6 Å². The maximum atomic E-state index is 14.2. The van der Waals surface area contributed by atoms with E-state index in [4.69, 9.17) is 14.2 Å². The molecule has 1 aromatic rings.